The highest BCUT2D eigenvalue weighted by molar-refractivity contribution is 5.98. The van der Waals surface area contributed by atoms with Crippen LogP contribution in [0.3, 0.4) is 0 Å². The first-order valence-electron chi connectivity index (χ1n) is 10.6. The summed E-state index contributed by atoms with van der Waals surface area (Å²) in [4.78, 5) is 32.7. The van der Waals surface area contributed by atoms with Crippen molar-refractivity contribution in [3.63, 3.8) is 0 Å². The highest BCUT2D eigenvalue weighted by Gasteiger charge is 2.34. The van der Waals surface area contributed by atoms with E-state index < -0.39 is 0 Å². The molecule has 0 spiro atoms. The third-order valence-corrected chi connectivity index (χ3v) is 5.92. The summed E-state index contributed by atoms with van der Waals surface area (Å²) < 4.78 is 24.7. The van der Waals surface area contributed by atoms with Gasteiger partial charge in [0.2, 0.25) is 5.91 Å². The molecule has 0 atom stereocenters. The monoisotopic (exact) mass is 442 g/mol. The highest BCUT2D eigenvalue weighted by atomic mass is 19.1. The molecule has 32 heavy (non-hydrogen) atoms. The summed E-state index contributed by atoms with van der Waals surface area (Å²) in [5, 5.41) is 0. The molecule has 170 valence electrons. The Labute approximate surface area is 186 Å². The van der Waals surface area contributed by atoms with Gasteiger partial charge < -0.3 is 24.2 Å². The van der Waals surface area contributed by atoms with E-state index in [-0.39, 0.29) is 24.3 Å². The van der Waals surface area contributed by atoms with Gasteiger partial charge in [0, 0.05) is 45.3 Å². The minimum atomic E-state index is -0.261. The molecule has 2 aliphatic heterocycles. The van der Waals surface area contributed by atoms with Gasteiger partial charge >= 0.3 is 6.03 Å². The van der Waals surface area contributed by atoms with Crippen molar-refractivity contribution in [1.82, 2.24) is 9.80 Å². The number of hydrogen-bond donors (Lipinski definition) is 0. The normalized spacial score (nSPS) is 16.5. The van der Waals surface area contributed by atoms with Crippen LogP contribution in [0.2, 0.25) is 0 Å². The summed E-state index contributed by atoms with van der Waals surface area (Å²) in [5.74, 6) is 0.821. The summed E-state index contributed by atoms with van der Waals surface area (Å²) in [6.07, 6.45) is 0. The Bertz CT molecular complexity index is 994. The second-order valence-corrected chi connectivity index (χ2v) is 7.71. The van der Waals surface area contributed by atoms with E-state index >= 15 is 0 Å². The van der Waals surface area contributed by atoms with Crippen LogP contribution in [0.5, 0.6) is 11.5 Å². The first-order valence-corrected chi connectivity index (χ1v) is 10.6. The second-order valence-electron chi connectivity index (χ2n) is 7.71. The molecule has 0 N–H and O–H groups in total. The molecule has 4 rings (SSSR count). The van der Waals surface area contributed by atoms with Crippen LogP contribution in [0.4, 0.5) is 20.6 Å². The Morgan fingerprint density at radius 3 is 2.38 bits per heavy atom. The van der Waals surface area contributed by atoms with Crippen molar-refractivity contribution in [2.75, 3.05) is 69.8 Å². The molecule has 2 fully saturated rings. The molecule has 8 nitrogen and oxygen atoms in total. The number of methoxy groups -OCH3 is 2. The van der Waals surface area contributed by atoms with E-state index in [1.54, 1.807) is 65.3 Å². The summed E-state index contributed by atoms with van der Waals surface area (Å²) in [5.41, 5.74) is 1.17. The fraction of sp³-hybridized carbons (Fsp3) is 0.391. The minimum Gasteiger partial charge on any atom is -0.497 e. The number of ether oxygens (including phenoxy) is 2. The van der Waals surface area contributed by atoms with Crippen LogP contribution >= 0.6 is 0 Å². The van der Waals surface area contributed by atoms with Crippen LogP contribution in [0, 0.1) is 5.82 Å². The van der Waals surface area contributed by atoms with Gasteiger partial charge in [-0.15, -0.1) is 0 Å². The van der Waals surface area contributed by atoms with Crippen LogP contribution in [-0.2, 0) is 4.79 Å². The summed E-state index contributed by atoms with van der Waals surface area (Å²) >= 11 is 0. The lowest BCUT2D eigenvalue weighted by Gasteiger charge is -2.36. The first kappa shape index (κ1) is 21.7. The molecule has 0 saturated carbocycles. The van der Waals surface area contributed by atoms with Gasteiger partial charge in [0.05, 0.1) is 25.6 Å². The quantitative estimate of drug-likeness (QED) is 0.688. The van der Waals surface area contributed by atoms with Crippen LogP contribution in [-0.4, -0.2) is 81.8 Å². The first-order chi connectivity index (χ1) is 15.5. The standard InChI is InChI=1S/C23H27FN4O4/c1-31-17-7-8-21(32-2)20(15-17)28-14-13-27(23(28)30)16-22(29)26-11-9-25(10-12-26)19-6-4-3-5-18(19)24/h3-8,15H,9-14,16H2,1-2H3. The van der Waals surface area contributed by atoms with E-state index in [9.17, 15) is 14.0 Å². The zero-order valence-electron chi connectivity index (χ0n) is 18.3. The molecule has 0 aromatic heterocycles. The number of para-hydroxylation sites is 1. The third kappa shape index (κ3) is 4.28. The van der Waals surface area contributed by atoms with Crippen molar-refractivity contribution in [1.29, 1.82) is 0 Å². The number of rotatable bonds is 6. The van der Waals surface area contributed by atoms with Gasteiger partial charge in [-0.3, -0.25) is 9.69 Å². The summed E-state index contributed by atoms with van der Waals surface area (Å²) in [6.45, 7) is 2.99. The number of carbonyl (C=O) groups excluding carboxylic acids is 2. The lowest BCUT2D eigenvalue weighted by atomic mass is 10.2. The number of amides is 3. The number of carbonyl (C=O) groups is 2. The van der Waals surface area contributed by atoms with Crippen molar-refractivity contribution in [3.05, 3.63) is 48.3 Å². The highest BCUT2D eigenvalue weighted by Crippen LogP contribution is 2.34. The number of nitrogens with zero attached hydrogens (tertiary/aromatic N) is 4. The maximum absolute atomic E-state index is 14.0. The maximum atomic E-state index is 14.0. The number of urea groups is 1. The lowest BCUT2D eigenvalue weighted by Crippen LogP contribution is -2.51. The number of piperazine rings is 1. The lowest BCUT2D eigenvalue weighted by molar-refractivity contribution is -0.131. The zero-order valence-corrected chi connectivity index (χ0v) is 18.3. The Balaban J connectivity index is 1.36. The predicted octanol–water partition coefficient (Wildman–Crippen LogP) is 2.43. The average Bonchev–Trinajstić information content (AvgIpc) is 3.18. The second kappa shape index (κ2) is 9.33. The van der Waals surface area contributed by atoms with Gasteiger partial charge in [0.1, 0.15) is 23.9 Å². The smallest absolute Gasteiger partial charge is 0.325 e. The number of anilines is 2. The third-order valence-electron chi connectivity index (χ3n) is 5.92. The van der Waals surface area contributed by atoms with Crippen LogP contribution in [0.15, 0.2) is 42.5 Å². The van der Waals surface area contributed by atoms with Crippen LogP contribution in [0.25, 0.3) is 0 Å². The number of hydrogen-bond acceptors (Lipinski definition) is 5. The molecule has 2 heterocycles. The molecule has 0 unspecified atom stereocenters. The Morgan fingerprint density at radius 1 is 0.938 bits per heavy atom. The van der Waals surface area contributed by atoms with E-state index in [1.807, 2.05) is 4.90 Å². The molecular formula is C23H27FN4O4. The molecule has 9 heteroatoms. The number of benzene rings is 2. The van der Waals surface area contributed by atoms with E-state index in [0.29, 0.717) is 62.1 Å². The average molecular weight is 442 g/mol. The van der Waals surface area contributed by atoms with Crippen molar-refractivity contribution >= 4 is 23.3 Å². The van der Waals surface area contributed by atoms with Gasteiger partial charge in [-0.05, 0) is 24.3 Å². The molecule has 0 aliphatic carbocycles. The van der Waals surface area contributed by atoms with Gasteiger partial charge in [-0.2, -0.15) is 0 Å². The van der Waals surface area contributed by atoms with E-state index in [4.69, 9.17) is 9.47 Å². The SMILES string of the molecule is COc1ccc(OC)c(N2CCN(CC(=O)N3CCN(c4ccccc4F)CC3)C2=O)c1. The van der Waals surface area contributed by atoms with E-state index in [1.165, 1.54) is 6.07 Å². The van der Waals surface area contributed by atoms with Crippen molar-refractivity contribution in [2.24, 2.45) is 0 Å². The Hall–Kier alpha value is -3.49. The Morgan fingerprint density at radius 2 is 1.69 bits per heavy atom. The summed E-state index contributed by atoms with van der Waals surface area (Å²) in [6, 6.07) is 11.7. The van der Waals surface area contributed by atoms with Crippen molar-refractivity contribution in [3.8, 4) is 11.5 Å². The maximum Gasteiger partial charge on any atom is 0.325 e. The molecule has 2 aromatic rings. The molecule has 3 amide bonds. The summed E-state index contributed by atoms with van der Waals surface area (Å²) in [7, 11) is 3.11. The zero-order chi connectivity index (χ0) is 22.7. The van der Waals surface area contributed by atoms with Crippen LogP contribution in [0.1, 0.15) is 0 Å². The van der Waals surface area contributed by atoms with E-state index in [2.05, 4.69) is 0 Å². The van der Waals surface area contributed by atoms with Gasteiger partial charge in [0.15, 0.2) is 0 Å². The predicted molar refractivity (Wildman–Crippen MR) is 119 cm³/mol. The fourth-order valence-corrected chi connectivity index (χ4v) is 4.13. The Kier molecular flexibility index (Phi) is 6.34. The molecular weight excluding hydrogens is 415 g/mol. The molecule has 2 aliphatic rings. The topological polar surface area (TPSA) is 65.6 Å². The van der Waals surface area contributed by atoms with Gasteiger partial charge in [0.25, 0.3) is 0 Å². The molecule has 0 bridgehead atoms. The largest absolute Gasteiger partial charge is 0.497 e. The number of halogens is 1. The van der Waals surface area contributed by atoms with Crippen molar-refractivity contribution in [2.45, 2.75) is 0 Å². The molecule has 0 radical (unpaired) electrons. The van der Waals surface area contributed by atoms with Crippen LogP contribution < -0.4 is 19.3 Å². The fourth-order valence-electron chi connectivity index (χ4n) is 4.13. The molecule has 2 saturated heterocycles. The minimum absolute atomic E-state index is 0.0152. The van der Waals surface area contributed by atoms with Crippen molar-refractivity contribution < 1.29 is 23.5 Å². The van der Waals surface area contributed by atoms with E-state index in [0.717, 1.165) is 0 Å². The molecule has 2 aromatic carbocycles. The van der Waals surface area contributed by atoms with Gasteiger partial charge in [-0.1, -0.05) is 12.1 Å². The van der Waals surface area contributed by atoms with Gasteiger partial charge in [-0.25, -0.2) is 9.18 Å².